The number of aryl methyl sites for hydroxylation is 1. The average molecular weight is 693 g/mol. The zero-order valence-electron chi connectivity index (χ0n) is 29.4. The molecule has 4 aromatic rings. The SMILES string of the molecule is C=C(c1ccc(OC(C)C)nc1)c1cc(NC(=O)[C@]2(OC)CCN(CC(=O)N3CC=C(c4ccc(-c5ncn(C)n5)cn4)CC3)C2)ccc1NN. The molecule has 2 aliphatic rings. The number of ether oxygens (including phenoxy) is 2. The van der Waals surface area contributed by atoms with Crippen molar-refractivity contribution in [3.63, 3.8) is 0 Å². The summed E-state index contributed by atoms with van der Waals surface area (Å²) in [5, 5.41) is 7.35. The fourth-order valence-corrected chi connectivity index (χ4v) is 6.31. The number of carbonyl (C=O) groups excluding carboxylic acids is 2. The maximum atomic E-state index is 13.7. The molecule has 1 fully saturated rings. The minimum absolute atomic E-state index is 0.00784. The highest BCUT2D eigenvalue weighted by Gasteiger charge is 2.45. The Balaban J connectivity index is 1.05. The number of likely N-dealkylation sites (tertiary alicyclic amines) is 1. The lowest BCUT2D eigenvalue weighted by Gasteiger charge is -2.29. The van der Waals surface area contributed by atoms with Gasteiger partial charge in [-0.05, 0) is 74.2 Å². The molecular formula is C37H44N10O4. The van der Waals surface area contributed by atoms with Crippen molar-refractivity contribution in [1.29, 1.82) is 0 Å². The van der Waals surface area contributed by atoms with Gasteiger partial charge in [0.25, 0.3) is 5.91 Å². The van der Waals surface area contributed by atoms with Crippen molar-refractivity contribution in [2.45, 2.75) is 38.4 Å². The molecule has 0 spiro atoms. The van der Waals surface area contributed by atoms with Crippen LogP contribution in [0.2, 0.25) is 0 Å². The molecule has 3 aromatic heterocycles. The minimum atomic E-state index is -1.12. The Labute approximate surface area is 297 Å². The third kappa shape index (κ3) is 7.98. The maximum Gasteiger partial charge on any atom is 0.258 e. The molecule has 14 nitrogen and oxygen atoms in total. The number of hydrogen-bond donors (Lipinski definition) is 3. The van der Waals surface area contributed by atoms with Crippen LogP contribution in [0.3, 0.4) is 0 Å². The van der Waals surface area contributed by atoms with Gasteiger partial charge in [-0.25, -0.2) is 9.97 Å². The van der Waals surface area contributed by atoms with Crippen LogP contribution in [0.1, 0.15) is 43.5 Å². The highest BCUT2D eigenvalue weighted by Crippen LogP contribution is 2.33. The van der Waals surface area contributed by atoms with Crippen LogP contribution in [-0.2, 0) is 21.4 Å². The first-order valence-electron chi connectivity index (χ1n) is 16.9. The summed E-state index contributed by atoms with van der Waals surface area (Å²) in [4.78, 5) is 44.2. The molecule has 1 atom stereocenters. The molecule has 51 heavy (non-hydrogen) atoms. The third-order valence-corrected chi connectivity index (χ3v) is 9.19. The normalized spacial score (nSPS) is 17.7. The van der Waals surface area contributed by atoms with Crippen molar-refractivity contribution in [3.05, 3.63) is 90.7 Å². The highest BCUT2D eigenvalue weighted by atomic mass is 16.5. The molecule has 266 valence electrons. The molecule has 0 bridgehead atoms. The molecule has 6 rings (SSSR count). The Morgan fingerprint density at radius 1 is 1.08 bits per heavy atom. The van der Waals surface area contributed by atoms with Crippen molar-refractivity contribution in [2.75, 3.05) is 50.6 Å². The summed E-state index contributed by atoms with van der Waals surface area (Å²) in [5.41, 5.74) is 7.77. The molecule has 4 N–H and O–H groups in total. The van der Waals surface area contributed by atoms with Gasteiger partial charge in [-0.1, -0.05) is 12.7 Å². The Hall–Kier alpha value is -5.44. The molecule has 2 aliphatic heterocycles. The summed E-state index contributed by atoms with van der Waals surface area (Å²) < 4.78 is 13.2. The smallest absolute Gasteiger partial charge is 0.258 e. The molecule has 0 radical (unpaired) electrons. The number of nitrogens with zero attached hydrogens (tertiary/aromatic N) is 7. The topological polar surface area (TPSA) is 166 Å². The van der Waals surface area contributed by atoms with E-state index >= 15 is 0 Å². The van der Waals surface area contributed by atoms with Gasteiger partial charge in [-0.15, -0.1) is 0 Å². The van der Waals surface area contributed by atoms with E-state index in [1.807, 2.05) is 55.0 Å². The first-order chi connectivity index (χ1) is 24.6. The number of hydrazine groups is 1. The van der Waals surface area contributed by atoms with Crippen molar-refractivity contribution in [1.82, 2.24) is 34.5 Å². The predicted molar refractivity (Wildman–Crippen MR) is 195 cm³/mol. The second-order valence-electron chi connectivity index (χ2n) is 13.0. The van der Waals surface area contributed by atoms with Crippen LogP contribution in [0.15, 0.2) is 73.8 Å². The first kappa shape index (κ1) is 35.4. The zero-order chi connectivity index (χ0) is 36.1. The van der Waals surface area contributed by atoms with E-state index in [2.05, 4.69) is 43.4 Å². The summed E-state index contributed by atoms with van der Waals surface area (Å²) in [5.74, 6) is 6.70. The van der Waals surface area contributed by atoms with E-state index < -0.39 is 5.60 Å². The molecule has 2 amide bonds. The van der Waals surface area contributed by atoms with Gasteiger partial charge in [0.1, 0.15) is 6.33 Å². The lowest BCUT2D eigenvalue weighted by atomic mass is 9.98. The van der Waals surface area contributed by atoms with E-state index in [1.54, 1.807) is 41.6 Å². The third-order valence-electron chi connectivity index (χ3n) is 9.19. The first-order valence-corrected chi connectivity index (χ1v) is 16.9. The molecule has 0 aliphatic carbocycles. The van der Waals surface area contributed by atoms with Gasteiger partial charge >= 0.3 is 0 Å². The molecule has 0 unspecified atom stereocenters. The standard InChI is InChI=1S/C37H44N10O4/c1-24(2)51-33-11-7-27(19-40-33)25(3)30-18-29(8-10-32(30)43-38)42-36(49)37(50-5)14-17-46(22-37)21-34(48)47-15-12-26(13-16-47)31-9-6-28(20-39-31)35-41-23-45(4)44-35/h6-12,18-20,23-24,43H,3,13-17,21-22,38H2,1-2,4-5H3,(H,42,49)/t37-/m0/s1. The van der Waals surface area contributed by atoms with Gasteiger partial charge in [0, 0.05) is 81.2 Å². The number of carbonyl (C=O) groups is 2. The van der Waals surface area contributed by atoms with E-state index in [9.17, 15) is 9.59 Å². The summed E-state index contributed by atoms with van der Waals surface area (Å²) in [6.45, 7) is 10.3. The summed E-state index contributed by atoms with van der Waals surface area (Å²) in [6, 6.07) is 13.0. The van der Waals surface area contributed by atoms with Crippen LogP contribution in [-0.4, -0.2) is 97.9 Å². The van der Waals surface area contributed by atoms with Crippen molar-refractivity contribution in [3.8, 4) is 17.3 Å². The number of pyridine rings is 2. The summed E-state index contributed by atoms with van der Waals surface area (Å²) in [7, 11) is 3.36. The number of nitrogens with two attached hydrogens (primary N) is 1. The number of rotatable bonds is 12. The number of nitrogens with one attached hydrogen (secondary N) is 2. The van der Waals surface area contributed by atoms with Gasteiger partial charge in [-0.2, -0.15) is 5.10 Å². The lowest BCUT2D eigenvalue weighted by Crippen LogP contribution is -2.48. The summed E-state index contributed by atoms with van der Waals surface area (Å²) >= 11 is 0. The maximum absolute atomic E-state index is 13.7. The van der Waals surface area contributed by atoms with Gasteiger partial charge in [0.2, 0.25) is 11.8 Å². The number of aromatic nitrogens is 5. The van der Waals surface area contributed by atoms with Crippen molar-refractivity contribution >= 4 is 34.3 Å². The van der Waals surface area contributed by atoms with Gasteiger partial charge in [-0.3, -0.25) is 30.0 Å². The quantitative estimate of drug-likeness (QED) is 0.146. The number of benzene rings is 1. The van der Waals surface area contributed by atoms with E-state index in [4.69, 9.17) is 15.3 Å². The van der Waals surface area contributed by atoms with E-state index in [1.165, 1.54) is 7.11 Å². The zero-order valence-corrected chi connectivity index (χ0v) is 29.4. The number of anilines is 2. The fraction of sp³-hybridized carbons (Fsp3) is 0.351. The average Bonchev–Trinajstić information content (AvgIpc) is 3.78. The molecular weight excluding hydrogens is 648 g/mol. The molecule has 1 aromatic carbocycles. The summed E-state index contributed by atoms with van der Waals surface area (Å²) in [6.07, 6.45) is 8.33. The van der Waals surface area contributed by atoms with Crippen LogP contribution < -0.4 is 21.3 Å². The van der Waals surface area contributed by atoms with Gasteiger partial charge in [0.15, 0.2) is 11.4 Å². The molecule has 5 heterocycles. The van der Waals surface area contributed by atoms with Crippen LogP contribution in [0, 0.1) is 0 Å². The second kappa shape index (κ2) is 15.2. The molecule has 1 saturated heterocycles. The number of nitrogen functional groups attached to an aromatic ring is 1. The van der Waals surface area contributed by atoms with Gasteiger partial charge < -0.3 is 25.1 Å². The molecule has 0 saturated carbocycles. The Morgan fingerprint density at radius 2 is 1.92 bits per heavy atom. The largest absolute Gasteiger partial charge is 0.475 e. The van der Waals surface area contributed by atoms with Crippen LogP contribution in [0.25, 0.3) is 22.5 Å². The van der Waals surface area contributed by atoms with Crippen LogP contribution in [0.4, 0.5) is 11.4 Å². The predicted octanol–water partition coefficient (Wildman–Crippen LogP) is 3.75. The van der Waals surface area contributed by atoms with Crippen molar-refractivity contribution in [2.24, 2.45) is 12.9 Å². The second-order valence-corrected chi connectivity index (χ2v) is 13.0. The number of methoxy groups -OCH3 is 1. The Kier molecular flexibility index (Phi) is 10.6. The Bertz CT molecular complexity index is 1920. The highest BCUT2D eigenvalue weighted by molar-refractivity contribution is 5.99. The number of amides is 2. The van der Waals surface area contributed by atoms with Crippen molar-refractivity contribution < 1.29 is 19.1 Å². The fourth-order valence-electron chi connectivity index (χ4n) is 6.31. The van der Waals surface area contributed by atoms with E-state index in [0.29, 0.717) is 66.7 Å². The molecule has 14 heteroatoms. The van der Waals surface area contributed by atoms with Gasteiger partial charge in [0.05, 0.1) is 24.0 Å². The van der Waals surface area contributed by atoms with Crippen LogP contribution in [0.5, 0.6) is 5.88 Å². The van der Waals surface area contributed by atoms with Crippen LogP contribution >= 0.6 is 0 Å². The minimum Gasteiger partial charge on any atom is -0.475 e. The van der Waals surface area contributed by atoms with E-state index in [-0.39, 0.29) is 31.0 Å². The lowest BCUT2D eigenvalue weighted by molar-refractivity contribution is -0.138. The van der Waals surface area contributed by atoms with E-state index in [0.717, 1.165) is 22.4 Å². The number of hydrogen-bond acceptors (Lipinski definition) is 11. The Morgan fingerprint density at radius 3 is 2.55 bits per heavy atom. The monoisotopic (exact) mass is 692 g/mol.